The van der Waals surface area contributed by atoms with Crippen molar-refractivity contribution in [3.63, 3.8) is 0 Å². The van der Waals surface area contributed by atoms with Crippen molar-refractivity contribution in [3.05, 3.63) is 54.1 Å². The molecule has 0 aliphatic rings. The van der Waals surface area contributed by atoms with Crippen molar-refractivity contribution < 1.29 is 9.53 Å². The first-order valence-electron chi connectivity index (χ1n) is 7.90. The first-order valence-corrected chi connectivity index (χ1v) is 8.78. The number of carbonyl (C=O) groups is 1. The number of aryl methyl sites for hydroxylation is 1. The molecule has 0 radical (unpaired) electrons. The molecular weight excluding hydrogens is 320 g/mol. The van der Waals surface area contributed by atoms with E-state index in [0.717, 1.165) is 28.4 Å². The van der Waals surface area contributed by atoms with Crippen molar-refractivity contribution in [2.75, 3.05) is 7.11 Å². The van der Waals surface area contributed by atoms with Crippen molar-refractivity contribution in [1.29, 1.82) is 0 Å². The van der Waals surface area contributed by atoms with Crippen molar-refractivity contribution in [2.45, 2.75) is 23.8 Å². The summed E-state index contributed by atoms with van der Waals surface area (Å²) in [5.41, 5.74) is 2.73. The number of rotatable bonds is 6. The number of methoxy groups -OCH3 is 1. The predicted octanol–water partition coefficient (Wildman–Crippen LogP) is 4.34. The minimum atomic E-state index is -0.158. The topological polar surface area (TPSA) is 44.1 Å². The molecule has 5 heteroatoms. The molecule has 124 valence electrons. The molecule has 0 spiro atoms. The number of carbonyl (C=O) groups excluding carboxylic acids is 1. The summed E-state index contributed by atoms with van der Waals surface area (Å²) in [5.74, 6) is 0.875. The van der Waals surface area contributed by atoms with E-state index in [4.69, 9.17) is 4.74 Å². The number of aromatic nitrogens is 2. The number of hydrogen-bond acceptors (Lipinski definition) is 4. The van der Waals surface area contributed by atoms with Crippen molar-refractivity contribution in [3.8, 4) is 5.75 Å². The Bertz CT molecular complexity index is 855. The number of hydrogen-bond donors (Lipinski definition) is 0. The maximum atomic E-state index is 12.8. The second kappa shape index (κ2) is 7.09. The van der Waals surface area contributed by atoms with Crippen LogP contribution in [0.15, 0.2) is 53.7 Å². The van der Waals surface area contributed by atoms with Crippen LogP contribution in [0.2, 0.25) is 0 Å². The molecule has 2 aromatic carbocycles. The lowest BCUT2D eigenvalue weighted by molar-refractivity contribution is 0.0988. The second-order valence-electron chi connectivity index (χ2n) is 5.55. The molecule has 1 atom stereocenters. The Hall–Kier alpha value is -2.27. The average molecular weight is 340 g/mol. The Morgan fingerprint density at radius 3 is 2.54 bits per heavy atom. The number of ether oxygens (including phenoxy) is 1. The summed E-state index contributed by atoms with van der Waals surface area (Å²) in [6.07, 6.45) is 0.749. The summed E-state index contributed by atoms with van der Waals surface area (Å²) in [6, 6.07) is 15.3. The van der Waals surface area contributed by atoms with Crippen LogP contribution in [0, 0.1) is 0 Å². The van der Waals surface area contributed by atoms with Gasteiger partial charge in [0, 0.05) is 12.6 Å². The van der Waals surface area contributed by atoms with E-state index < -0.39 is 0 Å². The van der Waals surface area contributed by atoms with E-state index >= 15 is 0 Å². The van der Waals surface area contributed by atoms with Crippen LogP contribution in [0.3, 0.4) is 0 Å². The van der Waals surface area contributed by atoms with Gasteiger partial charge in [-0.1, -0.05) is 30.8 Å². The van der Waals surface area contributed by atoms with Crippen molar-refractivity contribution in [1.82, 2.24) is 9.55 Å². The lowest BCUT2D eigenvalue weighted by atomic mass is 10.1. The van der Waals surface area contributed by atoms with Crippen LogP contribution in [-0.2, 0) is 7.05 Å². The molecule has 1 aromatic heterocycles. The van der Waals surface area contributed by atoms with Crippen LogP contribution in [-0.4, -0.2) is 27.7 Å². The minimum Gasteiger partial charge on any atom is -0.497 e. The molecule has 4 nitrogen and oxygen atoms in total. The summed E-state index contributed by atoms with van der Waals surface area (Å²) in [5, 5.41) is 0.707. The van der Waals surface area contributed by atoms with Crippen molar-refractivity contribution in [2.24, 2.45) is 7.05 Å². The van der Waals surface area contributed by atoms with Gasteiger partial charge in [0.15, 0.2) is 10.9 Å². The van der Waals surface area contributed by atoms with Crippen LogP contribution >= 0.6 is 11.8 Å². The van der Waals surface area contributed by atoms with Gasteiger partial charge in [-0.2, -0.15) is 0 Å². The summed E-state index contributed by atoms with van der Waals surface area (Å²) < 4.78 is 7.20. The second-order valence-corrected chi connectivity index (χ2v) is 6.72. The van der Waals surface area contributed by atoms with Crippen LogP contribution in [0.1, 0.15) is 23.7 Å². The zero-order chi connectivity index (χ0) is 17.1. The molecule has 0 saturated heterocycles. The van der Waals surface area contributed by atoms with Gasteiger partial charge in [0.2, 0.25) is 0 Å². The summed E-state index contributed by atoms with van der Waals surface area (Å²) in [4.78, 5) is 17.5. The summed E-state index contributed by atoms with van der Waals surface area (Å²) >= 11 is 1.53. The molecule has 0 saturated carbocycles. The van der Waals surface area contributed by atoms with Crippen LogP contribution in [0.5, 0.6) is 5.75 Å². The number of benzene rings is 2. The molecule has 0 N–H and O–H groups in total. The fraction of sp³-hybridized carbons (Fsp3) is 0.263. The average Bonchev–Trinajstić information content (AvgIpc) is 2.95. The molecular formula is C19H20N2O2S. The van der Waals surface area contributed by atoms with Gasteiger partial charge in [-0.3, -0.25) is 4.79 Å². The number of nitrogens with zero attached hydrogens (tertiary/aromatic N) is 2. The molecule has 1 heterocycles. The van der Waals surface area contributed by atoms with Gasteiger partial charge in [-0.05, 0) is 42.8 Å². The van der Waals surface area contributed by atoms with E-state index in [0.29, 0.717) is 5.56 Å². The molecule has 0 fully saturated rings. The highest BCUT2D eigenvalue weighted by Crippen LogP contribution is 2.30. The molecule has 1 unspecified atom stereocenters. The SMILES string of the molecule is CCC(Sc1nc2ccccc2n1C)C(=O)c1ccc(OC)cc1. The smallest absolute Gasteiger partial charge is 0.176 e. The number of para-hydroxylation sites is 2. The largest absolute Gasteiger partial charge is 0.497 e. The molecule has 0 amide bonds. The van der Waals surface area contributed by atoms with Gasteiger partial charge >= 0.3 is 0 Å². The van der Waals surface area contributed by atoms with Crippen molar-refractivity contribution >= 4 is 28.6 Å². The Morgan fingerprint density at radius 1 is 1.21 bits per heavy atom. The quantitative estimate of drug-likeness (QED) is 0.495. The van der Waals surface area contributed by atoms with Gasteiger partial charge in [0.05, 0.1) is 23.4 Å². The molecule has 3 aromatic rings. The zero-order valence-electron chi connectivity index (χ0n) is 14.0. The van der Waals surface area contributed by atoms with E-state index in [-0.39, 0.29) is 11.0 Å². The number of Topliss-reactive ketones (excluding diaryl/α,β-unsaturated/α-hetero) is 1. The Morgan fingerprint density at radius 2 is 1.92 bits per heavy atom. The Kier molecular flexibility index (Phi) is 4.90. The summed E-state index contributed by atoms with van der Waals surface area (Å²) in [7, 11) is 3.61. The highest BCUT2D eigenvalue weighted by molar-refractivity contribution is 8.00. The van der Waals surface area contributed by atoms with E-state index in [9.17, 15) is 4.79 Å². The highest BCUT2D eigenvalue weighted by Gasteiger charge is 2.22. The lowest BCUT2D eigenvalue weighted by Crippen LogP contribution is -2.17. The van der Waals surface area contributed by atoms with Crippen LogP contribution < -0.4 is 4.74 Å². The fourth-order valence-corrected chi connectivity index (χ4v) is 3.69. The van der Waals surface area contributed by atoms with E-state index in [1.807, 2.05) is 67.1 Å². The van der Waals surface area contributed by atoms with Crippen LogP contribution in [0.4, 0.5) is 0 Å². The number of thioether (sulfide) groups is 1. The first-order chi connectivity index (χ1) is 11.6. The third-order valence-corrected chi connectivity index (χ3v) is 5.44. The number of ketones is 1. The maximum absolute atomic E-state index is 12.8. The van der Waals surface area contributed by atoms with Gasteiger partial charge in [-0.25, -0.2) is 4.98 Å². The molecule has 0 aliphatic heterocycles. The highest BCUT2D eigenvalue weighted by atomic mass is 32.2. The van der Waals surface area contributed by atoms with Gasteiger partial charge < -0.3 is 9.30 Å². The minimum absolute atomic E-state index is 0.122. The van der Waals surface area contributed by atoms with Gasteiger partial charge in [0.25, 0.3) is 0 Å². The third-order valence-electron chi connectivity index (χ3n) is 4.03. The third kappa shape index (κ3) is 3.17. The zero-order valence-corrected chi connectivity index (χ0v) is 14.8. The molecule has 24 heavy (non-hydrogen) atoms. The maximum Gasteiger partial charge on any atom is 0.176 e. The van der Waals surface area contributed by atoms with E-state index in [1.165, 1.54) is 11.8 Å². The summed E-state index contributed by atoms with van der Waals surface area (Å²) in [6.45, 7) is 2.03. The molecule has 0 bridgehead atoms. The number of imidazole rings is 1. The van der Waals surface area contributed by atoms with Crippen LogP contribution in [0.25, 0.3) is 11.0 Å². The normalized spacial score (nSPS) is 12.3. The van der Waals surface area contributed by atoms with E-state index in [2.05, 4.69) is 4.98 Å². The fourth-order valence-electron chi connectivity index (χ4n) is 2.62. The Balaban J connectivity index is 1.84. The van der Waals surface area contributed by atoms with E-state index in [1.54, 1.807) is 7.11 Å². The van der Waals surface area contributed by atoms with Gasteiger partial charge in [-0.15, -0.1) is 0 Å². The standard InChI is InChI=1S/C19H20N2O2S/c1-4-17(18(22)13-9-11-14(23-3)12-10-13)24-19-20-15-7-5-6-8-16(15)21(19)2/h5-12,17H,4H2,1-3H3. The first kappa shape index (κ1) is 16.6. The monoisotopic (exact) mass is 340 g/mol. The lowest BCUT2D eigenvalue weighted by Gasteiger charge is -2.13. The Labute approximate surface area is 145 Å². The molecule has 0 aliphatic carbocycles. The van der Waals surface area contributed by atoms with Gasteiger partial charge in [0.1, 0.15) is 5.75 Å². The number of fused-ring (bicyclic) bond motifs is 1. The molecule has 3 rings (SSSR count). The predicted molar refractivity (Wildman–Crippen MR) is 98.0 cm³/mol.